The van der Waals surface area contributed by atoms with Crippen LogP contribution in [0.1, 0.15) is 5.56 Å². The fourth-order valence-corrected chi connectivity index (χ4v) is 3.06. The second kappa shape index (κ2) is 7.47. The standard InChI is InChI=1S/C13H17NO3S.HI/c15-12(16)13(17,11-4-2-1-3-5-11)10-14-6-8-18-9-7-14;/h1-5,17H,6-10H2,(H,15,16);1H. The molecule has 1 aliphatic rings. The minimum absolute atomic E-state index is 0. The lowest BCUT2D eigenvalue weighted by Crippen LogP contribution is -2.48. The number of halogens is 1. The van der Waals surface area contributed by atoms with Gasteiger partial charge in [0.05, 0.1) is 0 Å². The summed E-state index contributed by atoms with van der Waals surface area (Å²) in [5.41, 5.74) is -1.38. The summed E-state index contributed by atoms with van der Waals surface area (Å²) in [6.07, 6.45) is 0. The molecule has 1 heterocycles. The van der Waals surface area contributed by atoms with Crippen LogP contribution in [0, 0.1) is 0 Å². The number of aliphatic carboxylic acids is 1. The van der Waals surface area contributed by atoms with Gasteiger partial charge in [-0.2, -0.15) is 11.8 Å². The molecule has 1 aliphatic heterocycles. The van der Waals surface area contributed by atoms with Crippen LogP contribution in [0.2, 0.25) is 0 Å². The second-order valence-electron chi connectivity index (χ2n) is 4.42. The number of carboxylic acid groups (broad SMARTS) is 1. The first-order valence-electron chi connectivity index (χ1n) is 5.94. The third kappa shape index (κ3) is 4.08. The van der Waals surface area contributed by atoms with E-state index in [1.54, 1.807) is 24.3 Å². The van der Waals surface area contributed by atoms with E-state index in [0.717, 1.165) is 24.6 Å². The Morgan fingerprint density at radius 2 is 1.84 bits per heavy atom. The average Bonchev–Trinajstić information content (AvgIpc) is 2.40. The zero-order chi connectivity index (χ0) is 13.0. The molecule has 1 fully saturated rings. The molecule has 0 radical (unpaired) electrons. The van der Waals surface area contributed by atoms with Crippen molar-refractivity contribution in [1.29, 1.82) is 0 Å². The maximum absolute atomic E-state index is 11.4. The molecule has 1 unspecified atom stereocenters. The summed E-state index contributed by atoms with van der Waals surface area (Å²) in [5, 5.41) is 19.8. The number of benzene rings is 1. The summed E-state index contributed by atoms with van der Waals surface area (Å²) in [4.78, 5) is 13.4. The molecular weight excluding hydrogens is 377 g/mol. The van der Waals surface area contributed by atoms with E-state index in [1.807, 2.05) is 22.7 Å². The van der Waals surface area contributed by atoms with Gasteiger partial charge in [-0.15, -0.1) is 24.0 Å². The summed E-state index contributed by atoms with van der Waals surface area (Å²) in [7, 11) is 0. The number of rotatable bonds is 4. The second-order valence-corrected chi connectivity index (χ2v) is 5.64. The Labute approximate surface area is 134 Å². The predicted octanol–water partition coefficient (Wildman–Crippen LogP) is 1.63. The smallest absolute Gasteiger partial charge is 0.341 e. The Hall–Kier alpha value is -0.310. The maximum atomic E-state index is 11.4. The molecule has 4 nitrogen and oxygen atoms in total. The van der Waals surface area contributed by atoms with Crippen molar-refractivity contribution in [3.63, 3.8) is 0 Å². The highest BCUT2D eigenvalue weighted by Gasteiger charge is 2.39. The molecule has 0 aliphatic carbocycles. The van der Waals surface area contributed by atoms with Crippen LogP contribution in [0.25, 0.3) is 0 Å². The molecular formula is C13H18INO3S. The number of carbonyl (C=O) groups is 1. The molecule has 2 rings (SSSR count). The Morgan fingerprint density at radius 1 is 1.26 bits per heavy atom. The van der Waals surface area contributed by atoms with Crippen LogP contribution in [-0.4, -0.2) is 52.2 Å². The molecule has 0 amide bonds. The van der Waals surface area contributed by atoms with E-state index in [0.29, 0.717) is 5.56 Å². The van der Waals surface area contributed by atoms with Crippen LogP contribution in [0.4, 0.5) is 0 Å². The monoisotopic (exact) mass is 395 g/mol. The molecule has 0 bridgehead atoms. The van der Waals surface area contributed by atoms with Gasteiger partial charge in [-0.05, 0) is 5.56 Å². The topological polar surface area (TPSA) is 60.8 Å². The minimum atomic E-state index is -1.82. The average molecular weight is 395 g/mol. The fourth-order valence-electron chi connectivity index (χ4n) is 2.08. The van der Waals surface area contributed by atoms with Crippen molar-refractivity contribution in [1.82, 2.24) is 4.90 Å². The normalized spacial score (nSPS) is 19.2. The summed E-state index contributed by atoms with van der Waals surface area (Å²) in [6, 6.07) is 8.62. The molecule has 2 N–H and O–H groups in total. The Balaban J connectivity index is 0.00000180. The highest BCUT2D eigenvalue weighted by molar-refractivity contribution is 14.0. The molecule has 0 saturated carbocycles. The minimum Gasteiger partial charge on any atom is -0.479 e. The van der Waals surface area contributed by atoms with Crippen molar-refractivity contribution in [2.45, 2.75) is 5.60 Å². The number of hydrogen-bond acceptors (Lipinski definition) is 4. The Kier molecular flexibility index (Phi) is 6.58. The predicted molar refractivity (Wildman–Crippen MR) is 87.2 cm³/mol. The largest absolute Gasteiger partial charge is 0.479 e. The van der Waals surface area contributed by atoms with Crippen LogP contribution < -0.4 is 0 Å². The van der Waals surface area contributed by atoms with Crippen LogP contribution in [-0.2, 0) is 10.4 Å². The zero-order valence-corrected chi connectivity index (χ0v) is 13.6. The molecule has 0 aromatic heterocycles. The molecule has 1 aromatic rings. The molecule has 1 atom stereocenters. The highest BCUT2D eigenvalue weighted by atomic mass is 127. The van der Waals surface area contributed by atoms with E-state index in [1.165, 1.54) is 0 Å². The summed E-state index contributed by atoms with van der Waals surface area (Å²) >= 11 is 1.86. The highest BCUT2D eigenvalue weighted by Crippen LogP contribution is 2.24. The van der Waals surface area contributed by atoms with E-state index in [9.17, 15) is 15.0 Å². The van der Waals surface area contributed by atoms with Crippen LogP contribution in [0.3, 0.4) is 0 Å². The van der Waals surface area contributed by atoms with E-state index in [4.69, 9.17) is 0 Å². The summed E-state index contributed by atoms with van der Waals surface area (Å²) in [6.45, 7) is 1.80. The van der Waals surface area contributed by atoms with Gasteiger partial charge in [0, 0.05) is 31.1 Å². The molecule has 106 valence electrons. The first-order valence-corrected chi connectivity index (χ1v) is 7.10. The van der Waals surface area contributed by atoms with E-state index in [-0.39, 0.29) is 30.5 Å². The summed E-state index contributed by atoms with van der Waals surface area (Å²) in [5.74, 6) is 0.793. The maximum Gasteiger partial charge on any atom is 0.341 e. The Bertz CT molecular complexity index is 412. The molecule has 1 saturated heterocycles. The quantitative estimate of drug-likeness (QED) is 0.759. The van der Waals surface area contributed by atoms with Gasteiger partial charge in [0.1, 0.15) is 0 Å². The number of carboxylic acids is 1. The van der Waals surface area contributed by atoms with Gasteiger partial charge in [-0.25, -0.2) is 4.79 Å². The molecule has 0 spiro atoms. The van der Waals surface area contributed by atoms with Gasteiger partial charge in [0.2, 0.25) is 0 Å². The van der Waals surface area contributed by atoms with Crippen LogP contribution >= 0.6 is 35.7 Å². The van der Waals surface area contributed by atoms with Gasteiger partial charge in [0.15, 0.2) is 5.60 Å². The number of nitrogens with zero attached hydrogens (tertiary/aromatic N) is 1. The van der Waals surface area contributed by atoms with Crippen molar-refractivity contribution < 1.29 is 15.0 Å². The van der Waals surface area contributed by atoms with Crippen LogP contribution in [0.15, 0.2) is 30.3 Å². The van der Waals surface area contributed by atoms with Gasteiger partial charge < -0.3 is 10.2 Å². The van der Waals surface area contributed by atoms with Crippen LogP contribution in [0.5, 0.6) is 0 Å². The van der Waals surface area contributed by atoms with Gasteiger partial charge in [-0.1, -0.05) is 30.3 Å². The van der Waals surface area contributed by atoms with Gasteiger partial charge in [0.25, 0.3) is 0 Å². The molecule has 19 heavy (non-hydrogen) atoms. The number of hydrogen-bond donors (Lipinski definition) is 2. The first kappa shape index (κ1) is 16.7. The van der Waals surface area contributed by atoms with Crippen molar-refractivity contribution in [2.75, 3.05) is 31.1 Å². The van der Waals surface area contributed by atoms with Crippen molar-refractivity contribution in [3.05, 3.63) is 35.9 Å². The van der Waals surface area contributed by atoms with E-state index >= 15 is 0 Å². The van der Waals surface area contributed by atoms with Gasteiger partial charge in [-0.3, -0.25) is 4.90 Å². The lowest BCUT2D eigenvalue weighted by molar-refractivity contribution is -0.161. The fraction of sp³-hybridized carbons (Fsp3) is 0.462. The first-order chi connectivity index (χ1) is 8.63. The SMILES string of the molecule is I.O=C(O)C(O)(CN1CCSCC1)c1ccccc1. The van der Waals surface area contributed by atoms with Crippen molar-refractivity contribution in [3.8, 4) is 0 Å². The molecule has 1 aromatic carbocycles. The Morgan fingerprint density at radius 3 is 2.37 bits per heavy atom. The van der Waals surface area contributed by atoms with Crippen molar-refractivity contribution >= 4 is 41.7 Å². The zero-order valence-electron chi connectivity index (χ0n) is 10.5. The number of thioether (sulfide) groups is 1. The lowest BCUT2D eigenvalue weighted by atomic mass is 9.93. The summed E-state index contributed by atoms with van der Waals surface area (Å²) < 4.78 is 0. The third-order valence-corrected chi connectivity index (χ3v) is 4.10. The van der Waals surface area contributed by atoms with Gasteiger partial charge >= 0.3 is 5.97 Å². The lowest BCUT2D eigenvalue weighted by Gasteiger charge is -2.33. The third-order valence-electron chi connectivity index (χ3n) is 3.16. The van der Waals surface area contributed by atoms with E-state index in [2.05, 4.69) is 0 Å². The molecule has 6 heteroatoms. The number of aliphatic hydroxyl groups is 1. The number of β-amino-alcohol motifs (C(OH)–C–C–N with tert-alkyl or cyclic N) is 1. The van der Waals surface area contributed by atoms with E-state index < -0.39 is 11.6 Å². The van der Waals surface area contributed by atoms with Crippen molar-refractivity contribution in [2.24, 2.45) is 0 Å².